The Morgan fingerprint density at radius 3 is 1.39 bits per heavy atom. The van der Waals surface area contributed by atoms with Crippen LogP contribution < -0.4 is 0 Å². The molecule has 4 unspecified atom stereocenters. The summed E-state index contributed by atoms with van der Waals surface area (Å²) in [5.41, 5.74) is 9.69. The second-order valence-corrected chi connectivity index (χ2v) is 14.7. The van der Waals surface area contributed by atoms with Crippen molar-refractivity contribution in [3.05, 3.63) is 182 Å². The zero-order valence-electron chi connectivity index (χ0n) is 35.7. The van der Waals surface area contributed by atoms with Crippen molar-refractivity contribution in [1.29, 1.82) is 0 Å². The Bertz CT molecular complexity index is 2440. The summed E-state index contributed by atoms with van der Waals surface area (Å²) in [7, 11) is 0. The van der Waals surface area contributed by atoms with Gasteiger partial charge >= 0.3 is 0 Å². The fourth-order valence-electron chi connectivity index (χ4n) is 6.21. The van der Waals surface area contributed by atoms with Gasteiger partial charge in [-0.2, -0.15) is 0 Å². The minimum absolute atomic E-state index is 0. The summed E-state index contributed by atoms with van der Waals surface area (Å²) < 4.78 is 26.5. The van der Waals surface area contributed by atoms with Gasteiger partial charge in [-0.25, -0.2) is 4.39 Å². The van der Waals surface area contributed by atoms with Crippen LogP contribution in [0.3, 0.4) is 0 Å². The van der Waals surface area contributed by atoms with Gasteiger partial charge in [0.1, 0.15) is 5.82 Å². The van der Waals surface area contributed by atoms with Gasteiger partial charge in [0.2, 0.25) is 0 Å². The van der Waals surface area contributed by atoms with Crippen LogP contribution in [-0.2, 0) is 40.2 Å². The van der Waals surface area contributed by atoms with Gasteiger partial charge in [0.15, 0.2) is 0 Å². The number of aliphatic hydroxyl groups is 4. The maximum atomic E-state index is 13.2. The van der Waals surface area contributed by atoms with E-state index in [2.05, 4.69) is 34.2 Å². The number of halogens is 2. The van der Waals surface area contributed by atoms with E-state index in [1.807, 2.05) is 103 Å². The number of fused-ring (bicyclic) bond motifs is 1. The van der Waals surface area contributed by atoms with E-state index in [-0.39, 0.29) is 76.3 Å². The Kier molecular flexibility index (Phi) is 22.5. The minimum Gasteiger partial charge on any atom is -0.393 e. The number of rotatable bonds is 9. The smallest absolute Gasteiger partial charge is 0.123 e. The molecule has 8 nitrogen and oxygen atoms in total. The monoisotopic (exact) mass is 1220 g/mol. The van der Waals surface area contributed by atoms with Crippen molar-refractivity contribution in [3.8, 4) is 56.3 Å². The third-order valence-electron chi connectivity index (χ3n) is 8.94. The van der Waals surface area contributed by atoms with Gasteiger partial charge in [0.25, 0.3) is 0 Å². The molecule has 8 aromatic rings. The molecule has 8 rings (SSSR count). The topological polar surface area (TPSA) is 132 Å². The molecule has 0 bridgehead atoms. The van der Waals surface area contributed by atoms with Crippen LogP contribution in [0.5, 0.6) is 0 Å². The van der Waals surface area contributed by atoms with Gasteiger partial charge in [0.05, 0.1) is 52.5 Å². The average Bonchev–Trinajstić information content (AvgIpc) is 3.27. The number of aromatic nitrogens is 4. The first kappa shape index (κ1) is 53.1. The minimum atomic E-state index is -0.375. The van der Waals surface area contributed by atoms with E-state index in [0.717, 1.165) is 50.4 Å². The van der Waals surface area contributed by atoms with Crippen molar-refractivity contribution in [2.75, 3.05) is 0 Å². The van der Waals surface area contributed by atoms with E-state index in [9.17, 15) is 8.78 Å². The summed E-state index contributed by atoms with van der Waals surface area (Å²) in [5, 5.41) is 34.3. The fourth-order valence-corrected chi connectivity index (χ4v) is 6.21. The quantitative estimate of drug-likeness (QED) is 0.105. The van der Waals surface area contributed by atoms with Crippen LogP contribution in [0, 0.1) is 23.8 Å². The molecule has 4 N–H and O–H groups in total. The summed E-state index contributed by atoms with van der Waals surface area (Å²) in [5.74, 6) is -0.682. The summed E-state index contributed by atoms with van der Waals surface area (Å²) >= 11 is 0. The molecule has 64 heavy (non-hydrogen) atoms. The second-order valence-electron chi connectivity index (χ2n) is 14.7. The number of hydrogen-bond acceptors (Lipinski definition) is 8. The molecule has 0 fully saturated rings. The molecule has 0 saturated carbocycles. The van der Waals surface area contributed by atoms with Gasteiger partial charge < -0.3 is 25.4 Å². The molecule has 2 heterocycles. The summed E-state index contributed by atoms with van der Waals surface area (Å²) in [4.78, 5) is 19.0. The van der Waals surface area contributed by atoms with Crippen LogP contribution >= 0.6 is 0 Å². The van der Waals surface area contributed by atoms with Crippen molar-refractivity contribution >= 4 is 11.0 Å². The first-order valence-electron chi connectivity index (χ1n) is 20.3. The predicted molar refractivity (Wildman–Crippen MR) is 242 cm³/mol. The van der Waals surface area contributed by atoms with Crippen molar-refractivity contribution < 1.29 is 69.4 Å². The molecule has 0 spiro atoms. The maximum absolute atomic E-state index is 13.2. The van der Waals surface area contributed by atoms with Crippen LogP contribution in [0.2, 0.25) is 0 Å². The molecule has 0 saturated heterocycles. The predicted octanol–water partition coefficient (Wildman–Crippen LogP) is 10.6. The second kappa shape index (κ2) is 27.2. The van der Waals surface area contributed by atoms with Crippen LogP contribution in [0.1, 0.15) is 40.5 Å². The third-order valence-corrected chi connectivity index (χ3v) is 8.94. The molecule has 0 aliphatic carbocycles. The first-order chi connectivity index (χ1) is 29.9. The van der Waals surface area contributed by atoms with Crippen molar-refractivity contribution in [2.24, 2.45) is 0 Å². The van der Waals surface area contributed by atoms with Crippen molar-refractivity contribution in [2.45, 2.75) is 65.0 Å². The van der Waals surface area contributed by atoms with Gasteiger partial charge in [-0.1, -0.05) is 84.9 Å². The number of hydrogen-bond donors (Lipinski definition) is 4. The first-order valence-corrected chi connectivity index (χ1v) is 20.3. The van der Waals surface area contributed by atoms with Gasteiger partial charge in [0, 0.05) is 69.2 Å². The number of aliphatic hydroxyl groups excluding tert-OH is 4. The summed E-state index contributed by atoms with van der Waals surface area (Å²) in [6.45, 7) is 6.64. The van der Waals surface area contributed by atoms with E-state index in [0.29, 0.717) is 29.8 Å². The Balaban J connectivity index is 0.000000257. The van der Waals surface area contributed by atoms with E-state index < -0.39 is 0 Å². The van der Waals surface area contributed by atoms with Gasteiger partial charge in [-0.05, 0) is 75.9 Å². The van der Waals surface area contributed by atoms with Gasteiger partial charge in [-0.3, -0.25) is 19.3 Å². The Hall–Kier alpha value is -5.26. The molecular weight excluding hydrogens is 1170 g/mol. The molecule has 6 aromatic carbocycles. The van der Waals surface area contributed by atoms with Crippen LogP contribution in [-0.4, -0.2) is 64.8 Å². The Morgan fingerprint density at radius 1 is 0.453 bits per heavy atom. The molecule has 2 aromatic heterocycles. The zero-order chi connectivity index (χ0) is 44.4. The van der Waals surface area contributed by atoms with Crippen LogP contribution in [0.25, 0.3) is 67.3 Å². The molecule has 0 aliphatic heterocycles. The largest absolute Gasteiger partial charge is 0.393 e. The average molecular weight is 1220 g/mol. The van der Waals surface area contributed by atoms with Crippen LogP contribution in [0.4, 0.5) is 8.78 Å². The summed E-state index contributed by atoms with van der Waals surface area (Å²) in [6.07, 6.45) is 1.28. The number of nitrogens with zero attached hydrogens (tertiary/aromatic N) is 4. The Morgan fingerprint density at radius 2 is 0.906 bits per heavy atom. The van der Waals surface area contributed by atoms with E-state index in [1.54, 1.807) is 45.9 Å². The molecule has 336 valence electrons. The van der Waals surface area contributed by atoms with Crippen LogP contribution in [0.15, 0.2) is 158 Å². The SMILES string of the molecule is CC(O)CC(C)O.CC(O)CC(C)O.Fc1c[c-]c(-c2nc3ccccc3nc2-c2ccc(F)cc2)cc1.[Ir].[Ir].[c-]1ccccc1-c1ncc(-c2ccccc2)nc1-c1ccccc1. The molecular formula is C52H50F2Ir2N4O4-2. The maximum Gasteiger partial charge on any atom is 0.123 e. The molecule has 0 aliphatic rings. The standard InChI is InChI=1S/C22H15N2.C20H11F2N2.2C5H12O2.2Ir/c1-4-10-17(11-5-1)20-16-23-21(18-12-6-2-7-13-18)22(24-20)19-14-8-3-9-15-19;21-15-9-5-13(6-10-15)19-20(14-7-11-16(22)12-8-14)24-18-4-2-1-3-17(18)23-19;2*1-4(6)3-5(2)7;;/h1-12,14-16H;1-7,9-12H;2*4-7H,3H2,1-2H3;;/q2*-1;;;;. The zero-order valence-corrected chi connectivity index (χ0v) is 40.5. The fraction of sp³-hybridized carbons (Fsp3) is 0.192. The van der Waals surface area contributed by atoms with E-state index in [4.69, 9.17) is 30.4 Å². The number of para-hydroxylation sites is 2. The molecule has 2 radical (unpaired) electrons. The number of benzene rings is 6. The van der Waals surface area contributed by atoms with E-state index >= 15 is 0 Å². The molecule has 12 heteroatoms. The Labute approximate surface area is 400 Å². The normalized spacial score (nSPS) is 12.2. The molecule has 0 amide bonds. The third kappa shape index (κ3) is 16.7. The summed E-state index contributed by atoms with van der Waals surface area (Å²) in [6, 6.07) is 52.1. The van der Waals surface area contributed by atoms with E-state index in [1.165, 1.54) is 24.3 Å². The van der Waals surface area contributed by atoms with Crippen molar-refractivity contribution in [1.82, 2.24) is 19.9 Å². The van der Waals surface area contributed by atoms with Gasteiger partial charge in [-0.15, -0.1) is 65.7 Å². The molecule has 4 atom stereocenters. The van der Waals surface area contributed by atoms with Crippen molar-refractivity contribution in [3.63, 3.8) is 0 Å².